The maximum absolute atomic E-state index is 11.6. The van der Waals surface area contributed by atoms with Gasteiger partial charge in [-0.1, -0.05) is 20.3 Å². The summed E-state index contributed by atoms with van der Waals surface area (Å²) in [6.07, 6.45) is 2.45. The zero-order valence-electron chi connectivity index (χ0n) is 10.5. The summed E-state index contributed by atoms with van der Waals surface area (Å²) < 4.78 is 0. The van der Waals surface area contributed by atoms with Crippen LogP contribution in [0.5, 0.6) is 0 Å². The van der Waals surface area contributed by atoms with Gasteiger partial charge >= 0.3 is 0 Å². The minimum atomic E-state index is -0.231. The second kappa shape index (κ2) is 6.37. The van der Waals surface area contributed by atoms with Gasteiger partial charge in [-0.05, 0) is 6.42 Å². The van der Waals surface area contributed by atoms with Gasteiger partial charge in [-0.3, -0.25) is 19.3 Å². The Bertz CT molecular complexity index is 315. The number of hydrogen-bond acceptors (Lipinski definition) is 3. The van der Waals surface area contributed by atoms with Crippen molar-refractivity contribution in [1.29, 1.82) is 0 Å². The number of imide groups is 1. The average molecular weight is 240 g/mol. The Morgan fingerprint density at radius 3 is 2.71 bits per heavy atom. The molecule has 1 aliphatic heterocycles. The summed E-state index contributed by atoms with van der Waals surface area (Å²) in [5, 5.41) is 2.76. The van der Waals surface area contributed by atoms with Gasteiger partial charge in [-0.25, -0.2) is 0 Å². The van der Waals surface area contributed by atoms with E-state index >= 15 is 0 Å². The molecule has 0 saturated carbocycles. The first-order chi connectivity index (χ1) is 8.06. The van der Waals surface area contributed by atoms with Crippen molar-refractivity contribution in [2.45, 2.75) is 39.5 Å². The standard InChI is InChI=1S/C12H20N2O3/c1-3-4-6-13-10(15)5-7-14-11(16)8-9(2)12(14)17/h9H,3-8H2,1-2H3,(H,13,15). The van der Waals surface area contributed by atoms with Gasteiger partial charge < -0.3 is 5.32 Å². The van der Waals surface area contributed by atoms with Crippen LogP contribution in [0.3, 0.4) is 0 Å². The van der Waals surface area contributed by atoms with Gasteiger partial charge in [0.15, 0.2) is 0 Å². The molecule has 0 aromatic rings. The molecule has 1 heterocycles. The van der Waals surface area contributed by atoms with Crippen LogP contribution >= 0.6 is 0 Å². The van der Waals surface area contributed by atoms with E-state index in [1.54, 1.807) is 6.92 Å². The third-order valence-electron chi connectivity index (χ3n) is 2.88. The van der Waals surface area contributed by atoms with Crippen molar-refractivity contribution in [3.8, 4) is 0 Å². The van der Waals surface area contributed by atoms with Crippen molar-refractivity contribution < 1.29 is 14.4 Å². The Labute approximate surface area is 102 Å². The molecule has 1 N–H and O–H groups in total. The third kappa shape index (κ3) is 3.84. The summed E-state index contributed by atoms with van der Waals surface area (Å²) in [5.74, 6) is -0.649. The summed E-state index contributed by atoms with van der Waals surface area (Å²) in [6.45, 7) is 4.66. The third-order valence-corrected chi connectivity index (χ3v) is 2.88. The van der Waals surface area contributed by atoms with Crippen molar-refractivity contribution in [3.63, 3.8) is 0 Å². The molecule has 96 valence electrons. The predicted octanol–water partition coefficient (Wildman–Crippen LogP) is 0.688. The van der Waals surface area contributed by atoms with E-state index < -0.39 is 0 Å². The van der Waals surface area contributed by atoms with E-state index in [2.05, 4.69) is 12.2 Å². The van der Waals surface area contributed by atoms with Gasteiger partial charge in [0.25, 0.3) is 0 Å². The fourth-order valence-corrected chi connectivity index (χ4v) is 1.79. The van der Waals surface area contributed by atoms with E-state index in [1.165, 1.54) is 4.90 Å². The molecule has 0 aliphatic carbocycles. The molecule has 0 aromatic heterocycles. The van der Waals surface area contributed by atoms with Gasteiger partial charge in [0.2, 0.25) is 17.7 Å². The highest BCUT2D eigenvalue weighted by molar-refractivity contribution is 6.03. The number of amides is 3. The lowest BCUT2D eigenvalue weighted by Gasteiger charge is -2.13. The van der Waals surface area contributed by atoms with Crippen molar-refractivity contribution in [2.24, 2.45) is 5.92 Å². The number of nitrogens with zero attached hydrogens (tertiary/aromatic N) is 1. The second-order valence-corrected chi connectivity index (χ2v) is 4.44. The van der Waals surface area contributed by atoms with Gasteiger partial charge in [0, 0.05) is 31.8 Å². The van der Waals surface area contributed by atoms with Crippen molar-refractivity contribution in [1.82, 2.24) is 10.2 Å². The molecule has 1 unspecified atom stereocenters. The topological polar surface area (TPSA) is 66.5 Å². The molecule has 5 nitrogen and oxygen atoms in total. The second-order valence-electron chi connectivity index (χ2n) is 4.44. The maximum Gasteiger partial charge on any atom is 0.232 e. The molecular formula is C12H20N2O3. The van der Waals surface area contributed by atoms with Crippen LogP contribution in [-0.2, 0) is 14.4 Å². The van der Waals surface area contributed by atoms with E-state index in [4.69, 9.17) is 0 Å². The largest absolute Gasteiger partial charge is 0.356 e. The van der Waals surface area contributed by atoms with Crippen LogP contribution in [0.25, 0.3) is 0 Å². The molecule has 1 fully saturated rings. The quantitative estimate of drug-likeness (QED) is 0.548. The number of carbonyl (C=O) groups is 3. The lowest BCUT2D eigenvalue weighted by Crippen LogP contribution is -2.35. The van der Waals surface area contributed by atoms with E-state index in [1.807, 2.05) is 0 Å². The highest BCUT2D eigenvalue weighted by Gasteiger charge is 2.35. The summed E-state index contributed by atoms with van der Waals surface area (Å²) in [5.41, 5.74) is 0. The van der Waals surface area contributed by atoms with E-state index in [0.717, 1.165) is 12.8 Å². The molecule has 17 heavy (non-hydrogen) atoms. The fraction of sp³-hybridized carbons (Fsp3) is 0.750. The fourth-order valence-electron chi connectivity index (χ4n) is 1.79. The molecule has 0 bridgehead atoms. The van der Waals surface area contributed by atoms with Crippen LogP contribution in [-0.4, -0.2) is 35.7 Å². The monoisotopic (exact) mass is 240 g/mol. The minimum Gasteiger partial charge on any atom is -0.356 e. The summed E-state index contributed by atoms with van der Waals surface area (Å²) in [4.78, 5) is 35.6. The zero-order chi connectivity index (χ0) is 12.8. The summed E-state index contributed by atoms with van der Waals surface area (Å²) in [6, 6.07) is 0. The first-order valence-corrected chi connectivity index (χ1v) is 6.17. The molecule has 0 aromatic carbocycles. The first kappa shape index (κ1) is 13.7. The molecule has 1 aliphatic rings. The number of nitrogens with one attached hydrogen (secondary N) is 1. The molecule has 1 rings (SSSR count). The summed E-state index contributed by atoms with van der Waals surface area (Å²) >= 11 is 0. The Kier molecular flexibility index (Phi) is 5.12. The predicted molar refractivity (Wildman–Crippen MR) is 63.0 cm³/mol. The smallest absolute Gasteiger partial charge is 0.232 e. The van der Waals surface area contributed by atoms with Gasteiger partial charge in [-0.15, -0.1) is 0 Å². The molecular weight excluding hydrogens is 220 g/mol. The maximum atomic E-state index is 11.6. The molecule has 1 atom stereocenters. The van der Waals surface area contributed by atoms with Crippen LogP contribution in [0.2, 0.25) is 0 Å². The van der Waals surface area contributed by atoms with E-state index in [0.29, 0.717) is 6.54 Å². The number of unbranched alkanes of at least 4 members (excludes halogenated alkanes) is 1. The minimum absolute atomic E-state index is 0.0985. The van der Waals surface area contributed by atoms with E-state index in [9.17, 15) is 14.4 Å². The van der Waals surface area contributed by atoms with E-state index in [-0.39, 0.29) is 43.0 Å². The molecule has 0 spiro atoms. The zero-order valence-corrected chi connectivity index (χ0v) is 10.5. The SMILES string of the molecule is CCCCNC(=O)CCN1C(=O)CC(C)C1=O. The van der Waals surface area contributed by atoms with Crippen molar-refractivity contribution in [3.05, 3.63) is 0 Å². The lowest BCUT2D eigenvalue weighted by atomic mass is 10.1. The average Bonchev–Trinajstić information content (AvgIpc) is 2.51. The Balaban J connectivity index is 2.28. The van der Waals surface area contributed by atoms with Gasteiger partial charge in [0.1, 0.15) is 0 Å². The number of rotatable bonds is 6. The Morgan fingerprint density at radius 1 is 1.47 bits per heavy atom. The Hall–Kier alpha value is -1.39. The Morgan fingerprint density at radius 2 is 2.18 bits per heavy atom. The molecule has 3 amide bonds. The number of carbonyl (C=O) groups excluding carboxylic acids is 3. The number of likely N-dealkylation sites (tertiary alicyclic amines) is 1. The normalized spacial score (nSPS) is 19.9. The van der Waals surface area contributed by atoms with Crippen LogP contribution < -0.4 is 5.32 Å². The van der Waals surface area contributed by atoms with Crippen molar-refractivity contribution >= 4 is 17.7 Å². The highest BCUT2D eigenvalue weighted by Crippen LogP contribution is 2.18. The summed E-state index contributed by atoms with van der Waals surface area (Å²) in [7, 11) is 0. The van der Waals surface area contributed by atoms with Crippen LogP contribution in [0.15, 0.2) is 0 Å². The van der Waals surface area contributed by atoms with Crippen LogP contribution in [0, 0.1) is 5.92 Å². The van der Waals surface area contributed by atoms with Gasteiger partial charge in [0.05, 0.1) is 0 Å². The highest BCUT2D eigenvalue weighted by atomic mass is 16.2. The van der Waals surface area contributed by atoms with Crippen molar-refractivity contribution in [2.75, 3.05) is 13.1 Å². The van der Waals surface area contributed by atoms with Crippen LogP contribution in [0.4, 0.5) is 0 Å². The van der Waals surface area contributed by atoms with Gasteiger partial charge in [-0.2, -0.15) is 0 Å². The molecule has 0 radical (unpaired) electrons. The first-order valence-electron chi connectivity index (χ1n) is 6.17. The molecule has 5 heteroatoms. The lowest BCUT2D eigenvalue weighted by molar-refractivity contribution is -0.139. The number of hydrogen-bond donors (Lipinski definition) is 1. The van der Waals surface area contributed by atoms with Crippen LogP contribution in [0.1, 0.15) is 39.5 Å². The molecule has 1 saturated heterocycles.